The summed E-state index contributed by atoms with van der Waals surface area (Å²) in [7, 11) is -3.89. The van der Waals surface area contributed by atoms with Crippen molar-refractivity contribution < 1.29 is 17.7 Å². The third-order valence-corrected chi connectivity index (χ3v) is 1.77. The van der Waals surface area contributed by atoms with Crippen molar-refractivity contribution >= 4 is 10.3 Å². The van der Waals surface area contributed by atoms with Crippen LogP contribution < -0.4 is 5.14 Å². The van der Waals surface area contributed by atoms with Crippen molar-refractivity contribution in [2.24, 2.45) is 5.14 Å². The molecule has 0 bridgehead atoms. The Labute approximate surface area is 76.0 Å². The van der Waals surface area contributed by atoms with Crippen molar-refractivity contribution in [2.45, 2.75) is 6.61 Å². The molecule has 1 rings (SSSR count). The second-order valence-corrected chi connectivity index (χ2v) is 3.64. The molecule has 0 saturated carbocycles. The van der Waals surface area contributed by atoms with Crippen LogP contribution >= 0.6 is 0 Å². The maximum Gasteiger partial charge on any atom is 0.333 e. The van der Waals surface area contributed by atoms with E-state index in [2.05, 4.69) is 9.32 Å². The highest BCUT2D eigenvalue weighted by atomic mass is 32.2. The third-order valence-electron chi connectivity index (χ3n) is 1.33. The molecule has 0 atom stereocenters. The smallest absolute Gasteiger partial charge is 0.333 e. The monoisotopic (exact) mass is 203 g/mol. The van der Waals surface area contributed by atoms with Crippen LogP contribution in [0.4, 0.5) is 0 Å². The summed E-state index contributed by atoms with van der Waals surface area (Å²) < 4.78 is 25.1. The first-order valence-electron chi connectivity index (χ1n) is 3.42. The Hall–Kier alpha value is -1.11. The van der Waals surface area contributed by atoms with Crippen LogP contribution in [0.2, 0.25) is 0 Å². The first-order chi connectivity index (χ1) is 5.97. The minimum Gasteiger partial charge on any atom is -0.508 e. The number of nitrogens with two attached hydrogens (primary N) is 1. The number of phenolic OH excluding ortho intramolecular Hbond substituents is 1. The number of benzene rings is 1. The third kappa shape index (κ3) is 3.88. The van der Waals surface area contributed by atoms with Gasteiger partial charge in [0.05, 0.1) is 6.61 Å². The van der Waals surface area contributed by atoms with Gasteiger partial charge < -0.3 is 5.11 Å². The lowest BCUT2D eigenvalue weighted by Crippen LogP contribution is -2.15. The lowest BCUT2D eigenvalue weighted by Gasteiger charge is -2.00. The molecule has 0 unspecified atom stereocenters. The summed E-state index contributed by atoms with van der Waals surface area (Å²) in [5, 5.41) is 13.5. The number of rotatable bonds is 3. The zero-order valence-electron chi connectivity index (χ0n) is 6.67. The van der Waals surface area contributed by atoms with Crippen LogP contribution in [0.3, 0.4) is 0 Å². The second kappa shape index (κ2) is 3.73. The van der Waals surface area contributed by atoms with Gasteiger partial charge >= 0.3 is 10.3 Å². The molecular formula is C7H9NO4S. The average molecular weight is 203 g/mol. The number of aromatic hydroxyl groups is 1. The van der Waals surface area contributed by atoms with Gasteiger partial charge in [-0.1, -0.05) is 12.1 Å². The molecule has 0 fully saturated rings. The molecule has 0 saturated heterocycles. The Morgan fingerprint density at radius 2 is 1.85 bits per heavy atom. The van der Waals surface area contributed by atoms with E-state index in [-0.39, 0.29) is 12.4 Å². The zero-order valence-corrected chi connectivity index (χ0v) is 7.49. The summed E-state index contributed by atoms with van der Waals surface area (Å²) in [6.07, 6.45) is 0. The van der Waals surface area contributed by atoms with E-state index < -0.39 is 10.3 Å². The van der Waals surface area contributed by atoms with Crippen molar-refractivity contribution in [1.82, 2.24) is 0 Å². The highest BCUT2D eigenvalue weighted by molar-refractivity contribution is 7.84. The van der Waals surface area contributed by atoms with Gasteiger partial charge in [-0.3, -0.25) is 4.18 Å². The molecular weight excluding hydrogens is 194 g/mol. The molecule has 1 aromatic carbocycles. The second-order valence-electron chi connectivity index (χ2n) is 2.42. The van der Waals surface area contributed by atoms with Crippen molar-refractivity contribution in [2.75, 3.05) is 0 Å². The van der Waals surface area contributed by atoms with Crippen LogP contribution in [-0.2, 0) is 21.1 Å². The molecule has 5 nitrogen and oxygen atoms in total. The Morgan fingerprint density at radius 3 is 2.31 bits per heavy atom. The molecule has 0 heterocycles. The maximum atomic E-state index is 10.4. The van der Waals surface area contributed by atoms with Crippen molar-refractivity contribution in [1.29, 1.82) is 0 Å². The Balaban J connectivity index is 2.61. The van der Waals surface area contributed by atoms with Crippen LogP contribution in [-0.4, -0.2) is 13.5 Å². The fourth-order valence-corrected chi connectivity index (χ4v) is 1.04. The van der Waals surface area contributed by atoms with E-state index in [1.54, 1.807) is 12.1 Å². The van der Waals surface area contributed by atoms with Gasteiger partial charge in [0.25, 0.3) is 0 Å². The molecule has 0 spiro atoms. The lowest BCUT2D eigenvalue weighted by molar-refractivity contribution is 0.308. The van der Waals surface area contributed by atoms with Crippen molar-refractivity contribution in [3.05, 3.63) is 29.8 Å². The molecule has 0 aliphatic rings. The average Bonchev–Trinajstić information content (AvgIpc) is 2.02. The molecule has 13 heavy (non-hydrogen) atoms. The normalized spacial score (nSPS) is 11.5. The van der Waals surface area contributed by atoms with Crippen LogP contribution in [0, 0.1) is 0 Å². The van der Waals surface area contributed by atoms with Crippen molar-refractivity contribution in [3.63, 3.8) is 0 Å². The summed E-state index contributed by atoms with van der Waals surface area (Å²) >= 11 is 0. The van der Waals surface area contributed by atoms with Crippen LogP contribution in [0.15, 0.2) is 24.3 Å². The van der Waals surface area contributed by atoms with E-state index in [1.165, 1.54) is 12.1 Å². The van der Waals surface area contributed by atoms with Gasteiger partial charge in [0, 0.05) is 0 Å². The summed E-state index contributed by atoms with van der Waals surface area (Å²) in [6, 6.07) is 5.95. The number of phenols is 1. The van der Waals surface area contributed by atoms with Gasteiger partial charge in [0.2, 0.25) is 0 Å². The van der Waals surface area contributed by atoms with Gasteiger partial charge in [0.1, 0.15) is 5.75 Å². The van der Waals surface area contributed by atoms with Crippen LogP contribution in [0.1, 0.15) is 5.56 Å². The highest BCUT2D eigenvalue weighted by Gasteiger charge is 2.02. The molecule has 72 valence electrons. The number of hydrogen-bond acceptors (Lipinski definition) is 4. The zero-order chi connectivity index (χ0) is 9.90. The standard InChI is InChI=1S/C7H9NO4S/c8-13(10,11)12-5-6-1-3-7(9)4-2-6/h1-4,9H,5H2,(H2,8,10,11). The fourth-order valence-electron chi connectivity index (χ4n) is 0.742. The van der Waals surface area contributed by atoms with E-state index in [1.807, 2.05) is 0 Å². The van der Waals surface area contributed by atoms with Gasteiger partial charge in [0.15, 0.2) is 0 Å². The molecule has 0 aliphatic heterocycles. The van der Waals surface area contributed by atoms with Crippen LogP contribution in [0.5, 0.6) is 5.75 Å². The van der Waals surface area contributed by atoms with Crippen LogP contribution in [0.25, 0.3) is 0 Å². The molecule has 3 N–H and O–H groups in total. The van der Waals surface area contributed by atoms with Gasteiger partial charge in [-0.25, -0.2) is 5.14 Å². The summed E-state index contributed by atoms with van der Waals surface area (Å²) in [4.78, 5) is 0. The molecule has 1 aromatic rings. The Bertz CT molecular complexity index is 370. The van der Waals surface area contributed by atoms with E-state index in [0.717, 1.165) is 0 Å². The predicted molar refractivity (Wildman–Crippen MR) is 46.0 cm³/mol. The first-order valence-corrected chi connectivity index (χ1v) is 4.89. The molecule has 0 amide bonds. The van der Waals surface area contributed by atoms with Gasteiger partial charge in [-0.05, 0) is 17.7 Å². The van der Waals surface area contributed by atoms with E-state index in [4.69, 9.17) is 5.11 Å². The SMILES string of the molecule is NS(=O)(=O)OCc1ccc(O)cc1. The molecule has 0 radical (unpaired) electrons. The van der Waals surface area contributed by atoms with E-state index in [0.29, 0.717) is 5.56 Å². The van der Waals surface area contributed by atoms with E-state index >= 15 is 0 Å². The fraction of sp³-hybridized carbons (Fsp3) is 0.143. The summed E-state index contributed by atoms with van der Waals surface area (Å²) in [6.45, 7) is -0.126. The number of hydrogen-bond donors (Lipinski definition) is 2. The topological polar surface area (TPSA) is 89.6 Å². The van der Waals surface area contributed by atoms with Crippen molar-refractivity contribution in [3.8, 4) is 5.75 Å². The lowest BCUT2D eigenvalue weighted by atomic mass is 10.2. The quantitative estimate of drug-likeness (QED) is 0.729. The van der Waals surface area contributed by atoms with E-state index in [9.17, 15) is 8.42 Å². The largest absolute Gasteiger partial charge is 0.508 e. The summed E-state index contributed by atoms with van der Waals surface area (Å²) in [5.74, 6) is 0.111. The Morgan fingerprint density at radius 1 is 1.31 bits per heavy atom. The molecule has 0 aromatic heterocycles. The highest BCUT2D eigenvalue weighted by Crippen LogP contribution is 2.10. The van der Waals surface area contributed by atoms with Gasteiger partial charge in [-0.2, -0.15) is 8.42 Å². The molecule has 0 aliphatic carbocycles. The summed E-state index contributed by atoms with van der Waals surface area (Å²) in [5.41, 5.74) is 0.617. The Kier molecular flexibility index (Phi) is 2.86. The maximum absolute atomic E-state index is 10.4. The minimum absolute atomic E-state index is 0.111. The van der Waals surface area contributed by atoms with Gasteiger partial charge in [-0.15, -0.1) is 0 Å². The minimum atomic E-state index is -3.89. The molecule has 6 heteroatoms. The predicted octanol–water partition coefficient (Wildman–Crippen LogP) is 0.112. The first kappa shape index (κ1) is 9.97.